The number of benzene rings is 11. The number of aliphatic hydroxyl groups is 2. The number of carbonyl (C=O) groups is 3. The summed E-state index contributed by atoms with van der Waals surface area (Å²) >= 11 is 0. The lowest BCUT2D eigenvalue weighted by molar-refractivity contribution is -0.269. The molecule has 142 heavy (non-hydrogen) atoms. The molecule has 0 spiro atoms. The van der Waals surface area contributed by atoms with Gasteiger partial charge < -0.3 is 157 Å². The van der Waals surface area contributed by atoms with Crippen LogP contribution in [0.3, 0.4) is 0 Å². The highest BCUT2D eigenvalue weighted by Gasteiger charge is 2.61. The summed E-state index contributed by atoms with van der Waals surface area (Å²) in [6.07, 6.45) is -11.6. The van der Waals surface area contributed by atoms with Crippen LogP contribution in [0.25, 0.3) is 65.7 Å². The van der Waals surface area contributed by atoms with Gasteiger partial charge in [-0.25, -0.2) is 14.4 Å². The van der Waals surface area contributed by atoms with Crippen LogP contribution in [0.2, 0.25) is 0 Å². The third kappa shape index (κ3) is 17.5. The largest absolute Gasteiger partial charge is 0.493 e. The average Bonchev–Trinajstić information content (AvgIpc) is 1.42. The second-order valence-electron chi connectivity index (χ2n) is 36.6. The van der Waals surface area contributed by atoms with Gasteiger partial charge in [-0.05, 0) is 158 Å². The number of esters is 3. The number of ether oxygens (including phenoxy) is 31. The second-order valence-corrected chi connectivity index (χ2v) is 36.6. The van der Waals surface area contributed by atoms with Crippen molar-refractivity contribution in [2.24, 2.45) is 0 Å². The summed E-state index contributed by atoms with van der Waals surface area (Å²) < 4.78 is 186. The van der Waals surface area contributed by atoms with Gasteiger partial charge in [0.25, 0.3) is 0 Å². The van der Waals surface area contributed by atoms with Crippen molar-refractivity contribution in [3.8, 4) is 120 Å². The highest BCUT2D eigenvalue weighted by Crippen LogP contribution is 2.57. The molecule has 2 N–H and O–H groups in total. The molecule has 0 bridgehead atoms. The van der Waals surface area contributed by atoms with Gasteiger partial charge in [-0.3, -0.25) is 0 Å². The zero-order valence-corrected chi connectivity index (χ0v) is 80.1. The second kappa shape index (κ2) is 38.7. The van der Waals surface area contributed by atoms with Crippen LogP contribution in [0, 0.1) is 0 Å². The van der Waals surface area contributed by atoms with E-state index in [4.69, 9.17) is 147 Å². The summed E-state index contributed by atoms with van der Waals surface area (Å²) in [5, 5.41) is 25.6. The first-order valence-corrected chi connectivity index (χ1v) is 46.4. The number of hydrogen-bond acceptors (Lipinski definition) is 36. The van der Waals surface area contributed by atoms with E-state index in [1.54, 1.807) is 86.8 Å². The molecule has 11 aromatic rings. The van der Waals surface area contributed by atoms with Crippen LogP contribution in [-0.4, -0.2) is 235 Å². The molecule has 15 unspecified atom stereocenters. The molecule has 23 rings (SSSR count). The summed E-state index contributed by atoms with van der Waals surface area (Å²) in [6.45, 7) is 11.7. The van der Waals surface area contributed by atoms with Crippen molar-refractivity contribution in [2.45, 2.75) is 184 Å². The van der Waals surface area contributed by atoms with Gasteiger partial charge in [0, 0.05) is 63.8 Å². The van der Waals surface area contributed by atoms with Crippen molar-refractivity contribution < 1.29 is 171 Å². The first-order chi connectivity index (χ1) is 68.8. The normalized spacial score (nSPS) is 25.2. The van der Waals surface area contributed by atoms with Crippen LogP contribution in [0.15, 0.2) is 152 Å². The Hall–Kier alpha value is -13.0. The molecule has 36 nitrogen and oxygen atoms in total. The Morgan fingerprint density at radius 2 is 0.620 bits per heavy atom. The van der Waals surface area contributed by atoms with Crippen molar-refractivity contribution >= 4 is 50.2 Å². The molecule has 0 aliphatic carbocycles. The van der Waals surface area contributed by atoms with Crippen molar-refractivity contribution in [3.63, 3.8) is 0 Å². The minimum Gasteiger partial charge on any atom is -0.493 e. The van der Waals surface area contributed by atoms with Crippen LogP contribution >= 0.6 is 0 Å². The molecule has 11 aromatic carbocycles. The summed E-state index contributed by atoms with van der Waals surface area (Å²) in [7, 11) is 12.4. The number of cyclic esters (lactones) is 3. The van der Waals surface area contributed by atoms with Crippen LogP contribution in [0.4, 0.5) is 0 Å². The lowest BCUT2D eigenvalue weighted by Gasteiger charge is -2.42. The molecular formula is C106H106O36. The monoisotopic (exact) mass is 1950 g/mol. The number of methoxy groups -OCH3 is 8. The van der Waals surface area contributed by atoms with E-state index < -0.39 is 127 Å². The molecule has 36 heteroatoms. The van der Waals surface area contributed by atoms with Gasteiger partial charge >= 0.3 is 17.9 Å². The van der Waals surface area contributed by atoms with Crippen molar-refractivity contribution in [1.82, 2.24) is 0 Å². The van der Waals surface area contributed by atoms with Gasteiger partial charge in [-0.1, -0.05) is 78.9 Å². The highest BCUT2D eigenvalue weighted by molar-refractivity contribution is 6.17. The molecule has 12 aliphatic rings. The van der Waals surface area contributed by atoms with Crippen molar-refractivity contribution in [3.05, 3.63) is 196 Å². The Balaban J connectivity index is 0.000000126. The van der Waals surface area contributed by atoms with E-state index in [2.05, 4.69) is 0 Å². The van der Waals surface area contributed by atoms with E-state index in [1.807, 2.05) is 149 Å². The minimum absolute atomic E-state index is 0.0200. The van der Waals surface area contributed by atoms with Gasteiger partial charge in [-0.2, -0.15) is 0 Å². The van der Waals surface area contributed by atoms with Gasteiger partial charge in [0.15, 0.2) is 86.4 Å². The molecule has 0 radical (unpaired) electrons. The number of carbonyl (C=O) groups excluding carboxylic acids is 3. The van der Waals surface area contributed by atoms with Crippen LogP contribution in [-0.2, 0) is 109 Å². The molecular weight excluding hydrogens is 1850 g/mol. The van der Waals surface area contributed by atoms with E-state index >= 15 is 0 Å². The third-order valence-corrected chi connectivity index (χ3v) is 26.7. The van der Waals surface area contributed by atoms with Gasteiger partial charge in [0.2, 0.25) is 39.2 Å². The van der Waals surface area contributed by atoms with Gasteiger partial charge in [0.1, 0.15) is 110 Å². The van der Waals surface area contributed by atoms with E-state index in [0.717, 1.165) is 16.7 Å². The SMILES string of the molecule is COCC1OC(Oc2c3c(c(-c4ccc5c(c4)OCO5)c4cc(OC)c(OC)cc24)C(=O)OC3)C(O)C2OC(C)(C)OC12.COCC1OC(Oc2c3c(c(-c4ccc5c(c4)OCO5)c4cc(OC)c(OC)cc24)C(=O)OC3)C(OCc2ccccc2)C2OC(C)(C)OC12.COc1cc2c(OC3OC(CO)C4OC(C)(C)OC4C3OCc3ccccc3)c3c(c(-c4ccc5c(c4)OCO5)c2cc1OC)C(=O)OC3. The molecule has 12 heterocycles. The Labute approximate surface area is 814 Å². The Morgan fingerprint density at radius 3 is 0.958 bits per heavy atom. The van der Waals surface area contributed by atoms with E-state index in [1.165, 1.54) is 14.2 Å². The number of hydrogen-bond donors (Lipinski definition) is 2. The first-order valence-electron chi connectivity index (χ1n) is 46.4. The van der Waals surface area contributed by atoms with Crippen molar-refractivity contribution in [1.29, 1.82) is 0 Å². The fraction of sp³-hybridized carbons (Fsp3) is 0.406. The molecule has 6 fully saturated rings. The maximum atomic E-state index is 13.6. The van der Waals surface area contributed by atoms with E-state index in [9.17, 15) is 24.6 Å². The number of rotatable bonds is 26. The molecule has 0 aromatic heterocycles. The van der Waals surface area contributed by atoms with Crippen LogP contribution in [0.5, 0.6) is 86.2 Å². The average molecular weight is 1960 g/mol. The lowest BCUT2D eigenvalue weighted by Crippen LogP contribution is -2.60. The first kappa shape index (κ1) is 95.2. The van der Waals surface area contributed by atoms with E-state index in [0.29, 0.717) is 180 Å². The smallest absolute Gasteiger partial charge is 0.339 e. The Bertz CT molecular complexity index is 6680. The summed E-state index contributed by atoms with van der Waals surface area (Å²) in [5.41, 5.74) is 8.52. The molecule has 746 valence electrons. The fourth-order valence-electron chi connectivity index (χ4n) is 20.5. The molecule has 0 saturated carbocycles. The highest BCUT2D eigenvalue weighted by atomic mass is 16.8. The summed E-state index contributed by atoms with van der Waals surface area (Å²) in [6, 6.07) is 46.9. The zero-order valence-electron chi connectivity index (χ0n) is 80.1. The predicted octanol–water partition coefficient (Wildman–Crippen LogP) is 14.5. The Kier molecular flexibility index (Phi) is 25.9. The lowest BCUT2D eigenvalue weighted by atomic mass is 9.89. The maximum Gasteiger partial charge on any atom is 0.339 e. The number of aliphatic hydroxyl groups excluding tert-OH is 2. The zero-order chi connectivity index (χ0) is 98.5. The third-order valence-electron chi connectivity index (χ3n) is 26.7. The topological polar surface area (TPSA) is 378 Å². The molecule has 0 amide bonds. The maximum absolute atomic E-state index is 13.6. The van der Waals surface area contributed by atoms with Crippen LogP contribution < -0.4 is 71.1 Å². The molecule has 6 saturated heterocycles. The summed E-state index contributed by atoms with van der Waals surface area (Å²) in [5.74, 6) is 3.01. The van der Waals surface area contributed by atoms with Crippen molar-refractivity contribution in [2.75, 3.05) is 97.1 Å². The van der Waals surface area contributed by atoms with Gasteiger partial charge in [0.05, 0.1) is 92.4 Å². The van der Waals surface area contributed by atoms with Gasteiger partial charge in [-0.15, -0.1) is 0 Å². The van der Waals surface area contributed by atoms with E-state index in [-0.39, 0.29) is 73.2 Å². The Morgan fingerprint density at radius 1 is 0.324 bits per heavy atom. The molecule has 15 atom stereocenters. The fourth-order valence-corrected chi connectivity index (χ4v) is 20.5. The standard InChI is InChI=1S/C38H38O12.C37H36O12.C31H32O12/c1-38(2)49-33-29(18-40-3)47-37(35(34(33)50-38)43-16-20-9-7-6-8-10-20)48-32-23-15-27(42-5)26(41-4)14-22(23)30(31-24(32)17-44-36(31)39)21-11-12-25-28(13-21)46-19-45-25;1-37(2)48-32-28(15-38)46-36(34(33(32)49-37)42-16-19-8-6-5-7-9-19)47-31-22-14-26(41-4)25(40-3)13-21(22)29(30-23(31)17-43-35(30)39)20-10-11-24-27(12-20)45-18-44-24;1-31(2)42-27-22(12-34-3)40-30(25(32)28(27)43-31)41-26-16-10-20(36-5)19(35-4)9-15(16)23(24-17(26)11-37-29(24)33)14-6-7-18-21(8-14)39-13-38-18/h6-15,29,33-35,37H,16-19H2,1-5H3;5-14,28,32-34,36,38H,15-18H2,1-4H3;6-10,22,25,27-28,30,32H,11-13H2,1-5H3. The molecule has 12 aliphatic heterocycles. The summed E-state index contributed by atoms with van der Waals surface area (Å²) in [4.78, 5) is 40.6. The number of fused-ring (bicyclic) bond motifs is 12. The predicted molar refractivity (Wildman–Crippen MR) is 499 cm³/mol. The van der Waals surface area contributed by atoms with Crippen LogP contribution in [0.1, 0.15) is 100 Å². The minimum atomic E-state index is -1.22. The quantitative estimate of drug-likeness (QED) is 0.0375.